The highest BCUT2D eigenvalue weighted by Crippen LogP contribution is 2.35. The number of aryl methyl sites for hydroxylation is 1. The fraction of sp³-hybridized carbons (Fsp3) is 0.357. The van der Waals surface area contributed by atoms with Gasteiger partial charge in [-0.3, -0.25) is 9.48 Å². The van der Waals surface area contributed by atoms with Gasteiger partial charge in [-0.25, -0.2) is 0 Å². The second kappa shape index (κ2) is 5.80. The number of nitrogens with two attached hydrogens (primary N) is 1. The molecule has 4 N–H and O–H groups in total. The number of rotatable bonds is 5. The third-order valence-corrected chi connectivity index (χ3v) is 4.43. The largest absolute Gasteiger partial charge is 0.409 e. The van der Waals surface area contributed by atoms with Crippen molar-refractivity contribution in [1.29, 1.82) is 0 Å². The first kappa shape index (κ1) is 14.6. The van der Waals surface area contributed by atoms with Gasteiger partial charge in [0.1, 0.15) is 11.7 Å². The summed E-state index contributed by atoms with van der Waals surface area (Å²) in [6.07, 6.45) is 2.08. The minimum atomic E-state index is -0.652. The molecule has 0 spiro atoms. The summed E-state index contributed by atoms with van der Waals surface area (Å²) in [4.78, 5) is 13.4. The normalized spacial score (nSPS) is 16.5. The van der Waals surface area contributed by atoms with Crippen LogP contribution >= 0.6 is 11.3 Å². The van der Waals surface area contributed by atoms with Gasteiger partial charge in [0.15, 0.2) is 5.84 Å². The van der Waals surface area contributed by atoms with Crippen LogP contribution in [0.3, 0.4) is 0 Å². The number of carbonyl (C=O) groups excluding carboxylic acids is 1. The standard InChI is InChI=1S/C14H17N5O2S/c1-8-7-10(19(17-8)9-4-5-9)14(20)16-12(13(15)18-21)11-3-2-6-22-11/h2-3,6-7,9,12,21H,4-5H2,1H3,(H2,15,18)(H,16,20). The lowest BCUT2D eigenvalue weighted by Gasteiger charge is -2.16. The fourth-order valence-electron chi connectivity index (χ4n) is 2.29. The molecule has 1 amide bonds. The predicted octanol–water partition coefficient (Wildman–Crippen LogP) is 1.81. The summed E-state index contributed by atoms with van der Waals surface area (Å²) in [6, 6.07) is 5.09. The highest BCUT2D eigenvalue weighted by Gasteiger charge is 2.30. The summed E-state index contributed by atoms with van der Waals surface area (Å²) < 4.78 is 1.77. The van der Waals surface area contributed by atoms with Crippen molar-refractivity contribution in [2.75, 3.05) is 0 Å². The molecule has 1 unspecified atom stereocenters. The topological polar surface area (TPSA) is 106 Å². The summed E-state index contributed by atoms with van der Waals surface area (Å²) in [5, 5.41) is 21.0. The van der Waals surface area contributed by atoms with E-state index in [9.17, 15) is 4.79 Å². The minimum absolute atomic E-state index is 0.0509. The van der Waals surface area contributed by atoms with Crippen LogP contribution in [0.25, 0.3) is 0 Å². The number of amides is 1. The number of carbonyl (C=O) groups is 1. The van der Waals surface area contributed by atoms with Gasteiger partial charge < -0.3 is 16.3 Å². The van der Waals surface area contributed by atoms with Gasteiger partial charge in [0.25, 0.3) is 5.91 Å². The molecule has 0 aromatic carbocycles. The molecule has 1 saturated carbocycles. The molecule has 0 aliphatic heterocycles. The Kier molecular flexibility index (Phi) is 3.84. The summed E-state index contributed by atoms with van der Waals surface area (Å²) >= 11 is 1.43. The van der Waals surface area contributed by atoms with E-state index in [0.29, 0.717) is 11.7 Å². The van der Waals surface area contributed by atoms with Crippen LogP contribution in [0.2, 0.25) is 0 Å². The second-order valence-electron chi connectivity index (χ2n) is 5.29. The van der Waals surface area contributed by atoms with Crippen LogP contribution in [0.4, 0.5) is 0 Å². The molecule has 0 saturated heterocycles. The van der Waals surface area contributed by atoms with Crippen molar-refractivity contribution in [2.45, 2.75) is 31.8 Å². The van der Waals surface area contributed by atoms with E-state index in [1.807, 2.05) is 24.4 Å². The number of amidine groups is 1. The van der Waals surface area contributed by atoms with Crippen LogP contribution in [0, 0.1) is 6.92 Å². The molecule has 3 rings (SSSR count). The van der Waals surface area contributed by atoms with Gasteiger partial charge in [-0.2, -0.15) is 5.10 Å². The van der Waals surface area contributed by atoms with Crippen LogP contribution in [-0.4, -0.2) is 26.7 Å². The van der Waals surface area contributed by atoms with Crippen LogP contribution < -0.4 is 11.1 Å². The van der Waals surface area contributed by atoms with Gasteiger partial charge >= 0.3 is 0 Å². The minimum Gasteiger partial charge on any atom is -0.409 e. The number of hydrogen-bond acceptors (Lipinski definition) is 5. The summed E-state index contributed by atoms with van der Waals surface area (Å²) in [5.74, 6) is -0.331. The molecule has 116 valence electrons. The zero-order valence-corrected chi connectivity index (χ0v) is 12.9. The van der Waals surface area contributed by atoms with Crippen molar-refractivity contribution in [3.05, 3.63) is 39.8 Å². The highest BCUT2D eigenvalue weighted by atomic mass is 32.1. The summed E-state index contributed by atoms with van der Waals surface area (Å²) in [7, 11) is 0. The Labute approximate surface area is 131 Å². The number of aromatic nitrogens is 2. The zero-order valence-electron chi connectivity index (χ0n) is 12.1. The molecule has 22 heavy (non-hydrogen) atoms. The quantitative estimate of drug-likeness (QED) is 0.338. The second-order valence-corrected chi connectivity index (χ2v) is 6.27. The van der Waals surface area contributed by atoms with E-state index in [-0.39, 0.29) is 11.7 Å². The Morgan fingerprint density at radius 2 is 2.41 bits per heavy atom. The molecular formula is C14H17N5O2S. The molecule has 0 bridgehead atoms. The number of nitrogens with one attached hydrogen (secondary N) is 1. The van der Waals surface area contributed by atoms with E-state index in [4.69, 9.17) is 10.9 Å². The first-order chi connectivity index (χ1) is 10.6. The fourth-order valence-corrected chi connectivity index (χ4v) is 3.08. The lowest BCUT2D eigenvalue weighted by atomic mass is 10.2. The van der Waals surface area contributed by atoms with Crippen LogP contribution in [0.5, 0.6) is 0 Å². The van der Waals surface area contributed by atoms with Gasteiger partial charge in [-0.05, 0) is 37.3 Å². The van der Waals surface area contributed by atoms with E-state index in [0.717, 1.165) is 23.4 Å². The van der Waals surface area contributed by atoms with E-state index in [1.165, 1.54) is 11.3 Å². The average Bonchev–Trinajstić information content (AvgIpc) is 3.06. The summed E-state index contributed by atoms with van der Waals surface area (Å²) in [6.45, 7) is 1.86. The Morgan fingerprint density at radius 1 is 1.64 bits per heavy atom. The predicted molar refractivity (Wildman–Crippen MR) is 83.2 cm³/mol. The van der Waals surface area contributed by atoms with Crippen molar-refractivity contribution in [3.8, 4) is 0 Å². The maximum atomic E-state index is 12.6. The maximum absolute atomic E-state index is 12.6. The van der Waals surface area contributed by atoms with E-state index >= 15 is 0 Å². The number of nitrogens with zero attached hydrogens (tertiary/aromatic N) is 3. The van der Waals surface area contributed by atoms with Gasteiger partial charge in [-0.1, -0.05) is 11.2 Å². The Hall–Kier alpha value is -2.35. The van der Waals surface area contributed by atoms with Gasteiger partial charge in [-0.15, -0.1) is 11.3 Å². The molecule has 1 aliphatic rings. The number of oxime groups is 1. The monoisotopic (exact) mass is 319 g/mol. The van der Waals surface area contributed by atoms with Crippen LogP contribution in [0.1, 0.15) is 46.0 Å². The summed E-state index contributed by atoms with van der Waals surface area (Å²) in [5.41, 5.74) is 7.03. The van der Waals surface area contributed by atoms with Crippen LogP contribution in [-0.2, 0) is 0 Å². The van der Waals surface area contributed by atoms with E-state index in [1.54, 1.807) is 10.7 Å². The molecule has 2 aromatic rings. The first-order valence-corrected chi connectivity index (χ1v) is 7.86. The smallest absolute Gasteiger partial charge is 0.270 e. The van der Waals surface area contributed by atoms with Gasteiger partial charge in [0.05, 0.1) is 11.7 Å². The molecule has 7 nitrogen and oxygen atoms in total. The number of thiophene rings is 1. The third-order valence-electron chi connectivity index (χ3n) is 3.50. The van der Waals surface area contributed by atoms with Gasteiger partial charge in [0, 0.05) is 4.88 Å². The maximum Gasteiger partial charge on any atom is 0.270 e. The van der Waals surface area contributed by atoms with E-state index in [2.05, 4.69) is 15.6 Å². The molecular weight excluding hydrogens is 302 g/mol. The molecule has 1 fully saturated rings. The SMILES string of the molecule is Cc1cc(C(=O)NC(C(N)=NO)c2cccs2)n(C2CC2)n1. The molecule has 1 aliphatic carbocycles. The lowest BCUT2D eigenvalue weighted by molar-refractivity contribution is 0.0935. The zero-order chi connectivity index (χ0) is 15.7. The van der Waals surface area contributed by atoms with E-state index < -0.39 is 6.04 Å². The molecule has 2 aromatic heterocycles. The van der Waals surface area contributed by atoms with Crippen molar-refractivity contribution >= 4 is 23.1 Å². The Balaban J connectivity index is 1.85. The van der Waals surface area contributed by atoms with Crippen molar-refractivity contribution in [3.63, 3.8) is 0 Å². The Morgan fingerprint density at radius 3 is 3.00 bits per heavy atom. The average molecular weight is 319 g/mol. The van der Waals surface area contributed by atoms with Gasteiger partial charge in [0.2, 0.25) is 0 Å². The lowest BCUT2D eigenvalue weighted by Crippen LogP contribution is -2.38. The molecule has 8 heteroatoms. The molecule has 1 atom stereocenters. The first-order valence-electron chi connectivity index (χ1n) is 6.98. The molecule has 2 heterocycles. The van der Waals surface area contributed by atoms with Crippen molar-refractivity contribution < 1.29 is 10.0 Å². The van der Waals surface area contributed by atoms with Crippen LogP contribution in [0.15, 0.2) is 28.7 Å². The molecule has 0 radical (unpaired) electrons. The van der Waals surface area contributed by atoms with Crippen molar-refractivity contribution in [1.82, 2.24) is 15.1 Å². The highest BCUT2D eigenvalue weighted by molar-refractivity contribution is 7.10. The Bertz CT molecular complexity index is 703. The number of hydrogen-bond donors (Lipinski definition) is 3. The van der Waals surface area contributed by atoms with Crippen molar-refractivity contribution in [2.24, 2.45) is 10.9 Å². The third kappa shape index (κ3) is 2.82.